The van der Waals surface area contributed by atoms with Gasteiger partial charge in [-0.05, 0) is 38.5 Å². The fraction of sp³-hybridized carbons (Fsp3) is 0.462. The maximum Gasteiger partial charge on any atom is 0.319 e. The maximum atomic E-state index is 13.2. The van der Waals surface area contributed by atoms with Crippen LogP contribution in [0.1, 0.15) is 20.3 Å². The van der Waals surface area contributed by atoms with Crippen LogP contribution >= 0.6 is 11.6 Å². The fourth-order valence-electron chi connectivity index (χ4n) is 1.55. The predicted molar refractivity (Wildman–Crippen MR) is 82.0 cm³/mol. The van der Waals surface area contributed by atoms with Gasteiger partial charge < -0.3 is 10.6 Å². The Morgan fingerprint density at radius 3 is 2.52 bits per heavy atom. The van der Waals surface area contributed by atoms with Gasteiger partial charge >= 0.3 is 6.03 Å². The lowest BCUT2D eigenvalue weighted by Crippen LogP contribution is -2.46. The van der Waals surface area contributed by atoms with E-state index in [-0.39, 0.29) is 22.9 Å². The molecule has 21 heavy (non-hydrogen) atoms. The summed E-state index contributed by atoms with van der Waals surface area (Å²) in [5.74, 6) is -0.665. The van der Waals surface area contributed by atoms with Crippen molar-refractivity contribution in [1.29, 1.82) is 0 Å². The second kappa shape index (κ2) is 6.62. The van der Waals surface area contributed by atoms with E-state index in [0.29, 0.717) is 0 Å². The van der Waals surface area contributed by atoms with E-state index in [1.807, 2.05) is 0 Å². The zero-order valence-corrected chi connectivity index (χ0v) is 13.6. The Morgan fingerprint density at radius 1 is 1.38 bits per heavy atom. The molecule has 0 unspecified atom stereocenters. The van der Waals surface area contributed by atoms with Crippen molar-refractivity contribution >= 4 is 33.2 Å². The third kappa shape index (κ3) is 6.77. The molecule has 1 aromatic rings. The van der Waals surface area contributed by atoms with Crippen molar-refractivity contribution in [3.8, 4) is 0 Å². The van der Waals surface area contributed by atoms with E-state index < -0.39 is 27.2 Å². The average Bonchev–Trinajstić information content (AvgIpc) is 2.30. The number of sulfone groups is 1. The molecule has 0 heterocycles. The summed E-state index contributed by atoms with van der Waals surface area (Å²) < 4.78 is 35.5. The van der Waals surface area contributed by atoms with Crippen LogP contribution in [0.25, 0.3) is 0 Å². The summed E-state index contributed by atoms with van der Waals surface area (Å²) in [5, 5.41) is 5.07. The number of carbonyl (C=O) groups is 1. The summed E-state index contributed by atoms with van der Waals surface area (Å²) >= 11 is 5.55. The number of nitrogens with one attached hydrogen (secondary N) is 2. The van der Waals surface area contributed by atoms with Gasteiger partial charge in [-0.1, -0.05) is 11.6 Å². The van der Waals surface area contributed by atoms with E-state index in [2.05, 4.69) is 10.6 Å². The second-order valence-corrected chi connectivity index (χ2v) is 8.14. The van der Waals surface area contributed by atoms with Gasteiger partial charge in [0.25, 0.3) is 0 Å². The van der Waals surface area contributed by atoms with Gasteiger partial charge in [0.15, 0.2) is 0 Å². The van der Waals surface area contributed by atoms with E-state index in [0.717, 1.165) is 12.3 Å². The third-order valence-corrected chi connectivity index (χ3v) is 3.98. The number of hydrogen-bond acceptors (Lipinski definition) is 3. The van der Waals surface area contributed by atoms with E-state index in [9.17, 15) is 17.6 Å². The van der Waals surface area contributed by atoms with Crippen LogP contribution in [0, 0.1) is 5.82 Å². The molecule has 0 atom stereocenters. The lowest BCUT2D eigenvalue weighted by atomic mass is 10.0. The minimum Gasteiger partial charge on any atom is -0.333 e. The van der Waals surface area contributed by atoms with Crippen LogP contribution in [-0.2, 0) is 9.84 Å². The molecule has 0 spiro atoms. The minimum absolute atomic E-state index is 0.0319. The molecule has 2 amide bonds. The van der Waals surface area contributed by atoms with Gasteiger partial charge in [-0.3, -0.25) is 0 Å². The highest BCUT2D eigenvalue weighted by Gasteiger charge is 2.22. The molecule has 118 valence electrons. The molecule has 0 saturated carbocycles. The van der Waals surface area contributed by atoms with Crippen LogP contribution in [0.2, 0.25) is 5.02 Å². The molecular weight excluding hydrogens is 319 g/mol. The monoisotopic (exact) mass is 336 g/mol. The normalized spacial score (nSPS) is 12.0. The van der Waals surface area contributed by atoms with Gasteiger partial charge in [0.1, 0.15) is 15.7 Å². The third-order valence-electron chi connectivity index (χ3n) is 2.73. The summed E-state index contributed by atoms with van der Waals surface area (Å²) in [7, 11) is -3.10. The molecule has 5 nitrogen and oxygen atoms in total. The van der Waals surface area contributed by atoms with Gasteiger partial charge in [-0.15, -0.1) is 0 Å². The Kier molecular flexibility index (Phi) is 5.58. The molecular formula is C13H18ClFN2O3S. The SMILES string of the molecule is CC(C)(CCS(C)(=O)=O)NC(=O)Nc1ccc(Cl)c(F)c1. The van der Waals surface area contributed by atoms with Crippen LogP contribution in [-0.4, -0.2) is 32.0 Å². The Hall–Kier alpha value is -1.34. The molecule has 8 heteroatoms. The number of carbonyl (C=O) groups excluding carboxylic acids is 1. The van der Waals surface area contributed by atoms with E-state index >= 15 is 0 Å². The summed E-state index contributed by atoms with van der Waals surface area (Å²) in [6, 6.07) is 3.36. The van der Waals surface area contributed by atoms with Crippen molar-refractivity contribution in [2.45, 2.75) is 25.8 Å². The highest BCUT2D eigenvalue weighted by atomic mass is 35.5. The molecule has 0 saturated heterocycles. The number of rotatable bonds is 5. The summed E-state index contributed by atoms with van der Waals surface area (Å²) in [5.41, 5.74) is -0.452. The van der Waals surface area contributed by atoms with Crippen molar-refractivity contribution in [2.75, 3.05) is 17.3 Å². The molecule has 0 aromatic heterocycles. The van der Waals surface area contributed by atoms with Crippen LogP contribution in [0.4, 0.5) is 14.9 Å². The highest BCUT2D eigenvalue weighted by Crippen LogP contribution is 2.19. The summed E-state index contributed by atoms with van der Waals surface area (Å²) in [6.07, 6.45) is 1.41. The molecule has 0 bridgehead atoms. The lowest BCUT2D eigenvalue weighted by molar-refractivity contribution is 0.240. The first kappa shape index (κ1) is 17.7. The van der Waals surface area contributed by atoms with Gasteiger partial charge in [0.05, 0.1) is 10.8 Å². The Labute approximate surface area is 128 Å². The van der Waals surface area contributed by atoms with Gasteiger partial charge in [0, 0.05) is 17.5 Å². The van der Waals surface area contributed by atoms with Crippen LogP contribution in [0.5, 0.6) is 0 Å². The summed E-state index contributed by atoms with van der Waals surface area (Å²) in [6.45, 7) is 3.42. The zero-order chi connectivity index (χ0) is 16.3. The zero-order valence-electron chi connectivity index (χ0n) is 12.0. The highest BCUT2D eigenvalue weighted by molar-refractivity contribution is 7.90. The first-order valence-corrected chi connectivity index (χ1v) is 8.64. The van der Waals surface area contributed by atoms with E-state index in [4.69, 9.17) is 11.6 Å². The van der Waals surface area contributed by atoms with Crippen LogP contribution < -0.4 is 10.6 Å². The Morgan fingerprint density at radius 2 is 2.00 bits per heavy atom. The first-order chi connectivity index (χ1) is 9.48. The molecule has 0 fully saturated rings. The van der Waals surface area contributed by atoms with Gasteiger partial charge in [0.2, 0.25) is 0 Å². The largest absolute Gasteiger partial charge is 0.333 e. The number of hydrogen-bond donors (Lipinski definition) is 2. The smallest absolute Gasteiger partial charge is 0.319 e. The van der Waals surface area contributed by atoms with E-state index in [1.54, 1.807) is 13.8 Å². The number of halogens is 2. The maximum absolute atomic E-state index is 13.2. The number of anilines is 1. The number of amides is 2. The standard InChI is InChI=1S/C13H18ClFN2O3S/c1-13(2,6-7-21(3,19)20)17-12(18)16-9-4-5-10(14)11(15)8-9/h4-5,8H,6-7H2,1-3H3,(H2,16,17,18). The average molecular weight is 337 g/mol. The molecule has 2 N–H and O–H groups in total. The molecule has 0 radical (unpaired) electrons. The quantitative estimate of drug-likeness (QED) is 0.868. The van der Waals surface area contributed by atoms with E-state index in [1.165, 1.54) is 12.1 Å². The Bertz CT molecular complexity index is 632. The minimum atomic E-state index is -3.10. The number of urea groups is 1. The topological polar surface area (TPSA) is 75.3 Å². The van der Waals surface area contributed by atoms with Crippen LogP contribution in [0.15, 0.2) is 18.2 Å². The lowest BCUT2D eigenvalue weighted by Gasteiger charge is -2.26. The fourth-order valence-corrected chi connectivity index (χ4v) is 2.55. The van der Waals surface area contributed by atoms with Crippen molar-refractivity contribution in [3.05, 3.63) is 29.0 Å². The van der Waals surface area contributed by atoms with Crippen molar-refractivity contribution in [1.82, 2.24) is 5.32 Å². The van der Waals surface area contributed by atoms with Crippen LogP contribution in [0.3, 0.4) is 0 Å². The van der Waals surface area contributed by atoms with Gasteiger partial charge in [-0.2, -0.15) is 0 Å². The predicted octanol–water partition coefficient (Wildman–Crippen LogP) is 2.81. The first-order valence-electron chi connectivity index (χ1n) is 6.20. The molecule has 1 aromatic carbocycles. The second-order valence-electron chi connectivity index (χ2n) is 5.47. The van der Waals surface area contributed by atoms with Crippen molar-refractivity contribution in [2.24, 2.45) is 0 Å². The van der Waals surface area contributed by atoms with Crippen molar-refractivity contribution < 1.29 is 17.6 Å². The summed E-state index contributed by atoms with van der Waals surface area (Å²) in [4.78, 5) is 11.8. The molecule has 1 rings (SSSR count). The molecule has 0 aliphatic heterocycles. The Balaban J connectivity index is 2.61. The number of benzene rings is 1. The van der Waals surface area contributed by atoms with Gasteiger partial charge in [-0.25, -0.2) is 17.6 Å². The molecule has 0 aliphatic carbocycles. The molecule has 0 aliphatic rings. The van der Waals surface area contributed by atoms with Crippen molar-refractivity contribution in [3.63, 3.8) is 0 Å².